The summed E-state index contributed by atoms with van der Waals surface area (Å²) in [6, 6.07) is 6.83. The Morgan fingerprint density at radius 1 is 1.43 bits per heavy atom. The molecule has 0 aromatic heterocycles. The van der Waals surface area contributed by atoms with Crippen LogP contribution in [-0.4, -0.2) is 14.2 Å². The van der Waals surface area contributed by atoms with Gasteiger partial charge in [0.25, 0.3) is 0 Å². The van der Waals surface area contributed by atoms with E-state index in [2.05, 4.69) is 5.92 Å². The van der Waals surface area contributed by atoms with E-state index in [0.29, 0.717) is 5.56 Å². The largest absolute Gasteiger partial charge is 0.302 e. The van der Waals surface area contributed by atoms with E-state index in [9.17, 15) is 12.3 Å². The van der Waals surface area contributed by atoms with Gasteiger partial charge in [-0.05, 0) is 24.1 Å². The predicted molar refractivity (Wildman–Crippen MR) is 53.0 cm³/mol. The number of halogens is 1. The second kappa shape index (κ2) is 4.25. The van der Waals surface area contributed by atoms with Crippen molar-refractivity contribution in [2.75, 3.05) is 5.75 Å². The number of aryl methyl sites for hydroxylation is 1. The summed E-state index contributed by atoms with van der Waals surface area (Å²) < 4.78 is 32.7. The maximum Gasteiger partial charge on any atom is 0.302 e. The molecule has 14 heavy (non-hydrogen) atoms. The molecule has 0 N–H and O–H groups in total. The van der Waals surface area contributed by atoms with Crippen molar-refractivity contribution in [2.45, 2.75) is 6.42 Å². The molecule has 0 amide bonds. The fourth-order valence-electron chi connectivity index (χ4n) is 1.06. The van der Waals surface area contributed by atoms with Crippen LogP contribution in [0.4, 0.5) is 3.89 Å². The van der Waals surface area contributed by atoms with E-state index in [1.807, 2.05) is 0 Å². The van der Waals surface area contributed by atoms with E-state index in [-0.39, 0.29) is 6.42 Å². The Balaban J connectivity index is 2.74. The molecule has 0 aliphatic carbocycles. The zero-order valence-corrected chi connectivity index (χ0v) is 8.22. The topological polar surface area (TPSA) is 34.1 Å². The van der Waals surface area contributed by atoms with Crippen LogP contribution in [0.5, 0.6) is 0 Å². The van der Waals surface area contributed by atoms with Crippen LogP contribution in [0, 0.1) is 12.3 Å². The normalized spacial score (nSPS) is 10.9. The van der Waals surface area contributed by atoms with E-state index in [1.54, 1.807) is 24.3 Å². The minimum atomic E-state index is -4.39. The van der Waals surface area contributed by atoms with Gasteiger partial charge in [0, 0.05) is 5.56 Å². The van der Waals surface area contributed by atoms with Crippen molar-refractivity contribution in [3.63, 3.8) is 0 Å². The molecule has 1 rings (SSSR count). The predicted octanol–water partition coefficient (Wildman–Crippen LogP) is 1.51. The Bertz CT molecular complexity index is 457. The molecule has 0 spiro atoms. The first-order chi connectivity index (χ1) is 6.51. The molecule has 0 aliphatic rings. The molecule has 4 heteroatoms. The molecule has 74 valence electrons. The molecule has 0 unspecified atom stereocenters. The third kappa shape index (κ3) is 3.58. The van der Waals surface area contributed by atoms with Crippen LogP contribution < -0.4 is 0 Å². The Kier molecular flexibility index (Phi) is 3.26. The summed E-state index contributed by atoms with van der Waals surface area (Å²) >= 11 is 0. The Hall–Kier alpha value is -1.34. The molecule has 0 radical (unpaired) electrons. The van der Waals surface area contributed by atoms with Crippen molar-refractivity contribution in [2.24, 2.45) is 0 Å². The lowest BCUT2D eigenvalue weighted by Crippen LogP contribution is -2.02. The molecule has 1 aromatic rings. The van der Waals surface area contributed by atoms with E-state index in [4.69, 9.17) is 6.42 Å². The minimum absolute atomic E-state index is 0.147. The van der Waals surface area contributed by atoms with Gasteiger partial charge in [0.15, 0.2) is 0 Å². The van der Waals surface area contributed by atoms with Gasteiger partial charge in [-0.3, -0.25) is 0 Å². The summed E-state index contributed by atoms with van der Waals surface area (Å²) in [5.41, 5.74) is 1.39. The number of terminal acetylenes is 1. The van der Waals surface area contributed by atoms with Gasteiger partial charge in [0.1, 0.15) is 0 Å². The monoisotopic (exact) mass is 212 g/mol. The van der Waals surface area contributed by atoms with Gasteiger partial charge in [-0.2, -0.15) is 8.42 Å². The van der Waals surface area contributed by atoms with E-state index >= 15 is 0 Å². The first-order valence-corrected chi connectivity index (χ1v) is 5.54. The van der Waals surface area contributed by atoms with Crippen LogP contribution in [-0.2, 0) is 16.6 Å². The Labute approximate surface area is 83.0 Å². The molecular weight excluding hydrogens is 203 g/mol. The van der Waals surface area contributed by atoms with Crippen molar-refractivity contribution >= 4 is 10.2 Å². The van der Waals surface area contributed by atoms with Gasteiger partial charge in [-0.1, -0.05) is 18.1 Å². The summed E-state index contributed by atoms with van der Waals surface area (Å²) in [6.07, 6.45) is 5.31. The van der Waals surface area contributed by atoms with Crippen LogP contribution in [0.25, 0.3) is 0 Å². The fraction of sp³-hybridized carbons (Fsp3) is 0.200. The molecule has 0 heterocycles. The molecule has 0 fully saturated rings. The maximum absolute atomic E-state index is 12.2. The van der Waals surface area contributed by atoms with Crippen LogP contribution in [0.1, 0.15) is 11.1 Å². The van der Waals surface area contributed by atoms with Crippen LogP contribution in [0.3, 0.4) is 0 Å². The number of benzene rings is 1. The second-order valence-corrected chi connectivity index (χ2v) is 4.32. The first-order valence-electron chi connectivity index (χ1n) is 3.99. The number of rotatable bonds is 3. The minimum Gasteiger partial charge on any atom is -0.195 e. The first kappa shape index (κ1) is 10.7. The Morgan fingerprint density at radius 2 is 2.14 bits per heavy atom. The molecule has 0 atom stereocenters. The molecule has 0 saturated heterocycles. The lowest BCUT2D eigenvalue weighted by Gasteiger charge is -1.98. The SMILES string of the molecule is C#Cc1cccc(CCS(=O)(=O)F)c1. The smallest absolute Gasteiger partial charge is 0.195 e. The quantitative estimate of drug-likeness (QED) is 0.562. The van der Waals surface area contributed by atoms with Gasteiger partial charge in [-0.15, -0.1) is 10.3 Å². The van der Waals surface area contributed by atoms with Gasteiger partial charge in [0.2, 0.25) is 0 Å². The highest BCUT2D eigenvalue weighted by atomic mass is 32.3. The summed E-state index contributed by atoms with van der Waals surface area (Å²) in [7, 11) is -4.39. The van der Waals surface area contributed by atoms with Crippen molar-refractivity contribution in [1.29, 1.82) is 0 Å². The molecule has 0 aliphatic heterocycles. The zero-order chi connectivity index (χ0) is 10.6. The fourth-order valence-corrected chi connectivity index (χ4v) is 1.54. The summed E-state index contributed by atoms with van der Waals surface area (Å²) in [5.74, 6) is 1.92. The number of hydrogen-bond acceptors (Lipinski definition) is 2. The third-order valence-electron chi connectivity index (χ3n) is 1.73. The van der Waals surface area contributed by atoms with Crippen LogP contribution in [0.15, 0.2) is 24.3 Å². The zero-order valence-electron chi connectivity index (χ0n) is 7.40. The average molecular weight is 212 g/mol. The molecule has 0 bridgehead atoms. The van der Waals surface area contributed by atoms with E-state index in [0.717, 1.165) is 5.56 Å². The molecule has 2 nitrogen and oxygen atoms in total. The van der Waals surface area contributed by atoms with Crippen molar-refractivity contribution < 1.29 is 12.3 Å². The highest BCUT2D eigenvalue weighted by molar-refractivity contribution is 7.86. The third-order valence-corrected chi connectivity index (χ3v) is 2.42. The van der Waals surface area contributed by atoms with Crippen molar-refractivity contribution in [3.8, 4) is 12.3 Å². The summed E-state index contributed by atoms with van der Waals surface area (Å²) in [5, 5.41) is 0. The summed E-state index contributed by atoms with van der Waals surface area (Å²) in [6.45, 7) is 0. The lowest BCUT2D eigenvalue weighted by molar-refractivity contribution is 0.551. The van der Waals surface area contributed by atoms with Gasteiger partial charge in [0.05, 0.1) is 5.75 Å². The second-order valence-electron chi connectivity index (χ2n) is 2.84. The van der Waals surface area contributed by atoms with Gasteiger partial charge < -0.3 is 0 Å². The molecular formula is C10H9FO2S. The van der Waals surface area contributed by atoms with Crippen molar-refractivity contribution in [3.05, 3.63) is 35.4 Å². The highest BCUT2D eigenvalue weighted by Gasteiger charge is 2.06. The van der Waals surface area contributed by atoms with E-state index < -0.39 is 16.0 Å². The average Bonchev–Trinajstić information content (AvgIpc) is 2.14. The lowest BCUT2D eigenvalue weighted by atomic mass is 10.1. The standard InChI is InChI=1S/C10H9FO2S/c1-2-9-4-3-5-10(8-9)6-7-14(11,12)13/h1,3-5,8H,6-7H2. The number of hydrogen-bond donors (Lipinski definition) is 0. The highest BCUT2D eigenvalue weighted by Crippen LogP contribution is 2.06. The maximum atomic E-state index is 12.2. The van der Waals surface area contributed by atoms with Gasteiger partial charge >= 0.3 is 10.2 Å². The summed E-state index contributed by atoms with van der Waals surface area (Å²) in [4.78, 5) is 0. The van der Waals surface area contributed by atoms with Crippen LogP contribution >= 0.6 is 0 Å². The van der Waals surface area contributed by atoms with E-state index in [1.165, 1.54) is 0 Å². The van der Waals surface area contributed by atoms with Crippen molar-refractivity contribution in [1.82, 2.24) is 0 Å². The Morgan fingerprint density at radius 3 is 2.71 bits per heavy atom. The van der Waals surface area contributed by atoms with Crippen LogP contribution in [0.2, 0.25) is 0 Å². The van der Waals surface area contributed by atoms with Gasteiger partial charge in [-0.25, -0.2) is 0 Å². The molecule has 0 saturated carbocycles. The molecule has 1 aromatic carbocycles.